The molecule has 0 spiro atoms. The van der Waals surface area contributed by atoms with Crippen LogP contribution in [-0.2, 0) is 6.42 Å². The first-order valence-corrected chi connectivity index (χ1v) is 6.16. The summed E-state index contributed by atoms with van der Waals surface area (Å²) in [7, 11) is 0. The van der Waals surface area contributed by atoms with Crippen molar-refractivity contribution in [3.05, 3.63) is 46.9 Å². The second-order valence-electron chi connectivity index (χ2n) is 3.84. The number of benzene rings is 1. The van der Waals surface area contributed by atoms with Gasteiger partial charge in [-0.1, -0.05) is 44.2 Å². The molecule has 14 heavy (non-hydrogen) atoms. The third-order valence-corrected chi connectivity index (χ3v) is 4.11. The Morgan fingerprint density at radius 3 is 2.43 bits per heavy atom. The zero-order valence-corrected chi connectivity index (χ0v) is 9.55. The van der Waals surface area contributed by atoms with Gasteiger partial charge in [0, 0.05) is 5.25 Å². The fraction of sp³-hybridized carbons (Fsp3) is 0.385. The molecule has 74 valence electrons. The topological polar surface area (TPSA) is 0 Å². The van der Waals surface area contributed by atoms with Gasteiger partial charge in [0.15, 0.2) is 0 Å². The van der Waals surface area contributed by atoms with E-state index in [0.717, 1.165) is 6.42 Å². The highest BCUT2D eigenvalue weighted by atomic mass is 32.2. The van der Waals surface area contributed by atoms with Crippen LogP contribution in [0, 0.1) is 5.92 Å². The van der Waals surface area contributed by atoms with Crippen LogP contribution in [0.2, 0.25) is 0 Å². The molecule has 0 amide bonds. The zero-order valence-electron chi connectivity index (χ0n) is 8.73. The van der Waals surface area contributed by atoms with Gasteiger partial charge >= 0.3 is 0 Å². The summed E-state index contributed by atoms with van der Waals surface area (Å²) in [5, 5.41) is 2.86. The maximum Gasteiger partial charge on any atom is 0.0398 e. The van der Waals surface area contributed by atoms with E-state index in [2.05, 4.69) is 49.6 Å². The molecule has 1 aliphatic rings. The number of aryl methyl sites for hydroxylation is 1. The zero-order chi connectivity index (χ0) is 9.97. The first-order valence-electron chi connectivity index (χ1n) is 5.22. The number of hydrogen-bond donors (Lipinski definition) is 0. The lowest BCUT2D eigenvalue weighted by Crippen LogP contribution is -1.99. The summed E-state index contributed by atoms with van der Waals surface area (Å²) in [6.07, 6.45) is 3.43. The number of hydrogen-bond acceptors (Lipinski definition) is 1. The minimum atomic E-state index is 0.640. The van der Waals surface area contributed by atoms with Crippen molar-refractivity contribution in [1.29, 1.82) is 0 Å². The van der Waals surface area contributed by atoms with E-state index in [9.17, 15) is 0 Å². The van der Waals surface area contributed by atoms with E-state index in [0.29, 0.717) is 11.2 Å². The number of rotatable bonds is 2. The lowest BCUT2D eigenvalue weighted by atomic mass is 9.99. The van der Waals surface area contributed by atoms with Crippen molar-refractivity contribution < 1.29 is 0 Å². The fourth-order valence-electron chi connectivity index (χ4n) is 1.80. The van der Waals surface area contributed by atoms with E-state index < -0.39 is 0 Å². The molecule has 0 saturated carbocycles. The predicted octanol–water partition coefficient (Wildman–Crippen LogP) is 4.19. The van der Waals surface area contributed by atoms with E-state index in [1.54, 1.807) is 0 Å². The molecule has 1 heterocycles. The van der Waals surface area contributed by atoms with Gasteiger partial charge in [0.1, 0.15) is 0 Å². The molecule has 0 nitrogen and oxygen atoms in total. The molecule has 0 aromatic heterocycles. The van der Waals surface area contributed by atoms with Crippen LogP contribution in [0.5, 0.6) is 0 Å². The van der Waals surface area contributed by atoms with Crippen LogP contribution < -0.4 is 0 Å². The van der Waals surface area contributed by atoms with Crippen molar-refractivity contribution in [2.45, 2.75) is 25.5 Å². The van der Waals surface area contributed by atoms with Crippen LogP contribution >= 0.6 is 11.8 Å². The molecule has 0 N–H and O–H groups in total. The van der Waals surface area contributed by atoms with Crippen molar-refractivity contribution in [1.82, 2.24) is 0 Å². The van der Waals surface area contributed by atoms with Crippen molar-refractivity contribution in [2.75, 3.05) is 0 Å². The Kier molecular flexibility index (Phi) is 2.97. The summed E-state index contributed by atoms with van der Waals surface area (Å²) in [6, 6.07) is 9.06. The molecule has 0 fully saturated rings. The van der Waals surface area contributed by atoms with E-state index in [4.69, 9.17) is 0 Å². The highest BCUT2D eigenvalue weighted by molar-refractivity contribution is 8.02. The highest BCUT2D eigenvalue weighted by Gasteiger charge is 2.20. The van der Waals surface area contributed by atoms with Crippen molar-refractivity contribution >= 4 is 11.8 Å². The average molecular weight is 204 g/mol. The standard InChI is InChI=1S/C13H16S/c1-3-11-4-6-12(7-5-11)13-10(2)8-9-14-13/h4-10,13H,3H2,1-2H3. The maximum atomic E-state index is 2.29. The molecule has 1 aliphatic heterocycles. The third kappa shape index (κ3) is 1.88. The van der Waals surface area contributed by atoms with Gasteiger partial charge in [-0.25, -0.2) is 0 Å². The molecule has 1 heteroatoms. The summed E-state index contributed by atoms with van der Waals surface area (Å²) < 4.78 is 0. The highest BCUT2D eigenvalue weighted by Crippen LogP contribution is 2.42. The molecule has 0 aliphatic carbocycles. The second-order valence-corrected chi connectivity index (χ2v) is 4.89. The maximum absolute atomic E-state index is 2.29. The summed E-state index contributed by atoms with van der Waals surface area (Å²) in [5.41, 5.74) is 2.89. The minimum Gasteiger partial charge on any atom is -0.126 e. The smallest absolute Gasteiger partial charge is 0.0398 e. The van der Waals surface area contributed by atoms with E-state index >= 15 is 0 Å². The molecule has 2 rings (SSSR count). The van der Waals surface area contributed by atoms with Crippen LogP contribution in [0.4, 0.5) is 0 Å². The quantitative estimate of drug-likeness (QED) is 0.696. The summed E-state index contributed by atoms with van der Waals surface area (Å²) in [5.74, 6) is 0.674. The Bertz CT molecular complexity index is 324. The third-order valence-electron chi connectivity index (χ3n) is 2.80. The molecule has 0 bridgehead atoms. The first-order chi connectivity index (χ1) is 6.81. The first kappa shape index (κ1) is 9.85. The molecule has 0 radical (unpaired) electrons. The fourth-order valence-corrected chi connectivity index (χ4v) is 2.96. The van der Waals surface area contributed by atoms with E-state index in [-0.39, 0.29) is 0 Å². The molecular weight excluding hydrogens is 188 g/mol. The van der Waals surface area contributed by atoms with Crippen LogP contribution in [0.1, 0.15) is 30.2 Å². The largest absolute Gasteiger partial charge is 0.126 e. The van der Waals surface area contributed by atoms with Gasteiger partial charge in [0.05, 0.1) is 0 Å². The van der Waals surface area contributed by atoms with Gasteiger partial charge in [-0.2, -0.15) is 0 Å². The van der Waals surface area contributed by atoms with Gasteiger partial charge in [-0.3, -0.25) is 0 Å². The molecule has 1 aromatic carbocycles. The van der Waals surface area contributed by atoms with Crippen molar-refractivity contribution in [2.24, 2.45) is 5.92 Å². The van der Waals surface area contributed by atoms with Crippen LogP contribution in [0.25, 0.3) is 0 Å². The summed E-state index contributed by atoms with van der Waals surface area (Å²) in [4.78, 5) is 0. The van der Waals surface area contributed by atoms with Crippen molar-refractivity contribution in [3.8, 4) is 0 Å². The Balaban J connectivity index is 2.17. The van der Waals surface area contributed by atoms with Gasteiger partial charge in [-0.15, -0.1) is 11.8 Å². The lowest BCUT2D eigenvalue weighted by molar-refractivity contribution is 0.719. The Morgan fingerprint density at radius 2 is 1.93 bits per heavy atom. The Labute approximate surface area is 90.4 Å². The van der Waals surface area contributed by atoms with Crippen LogP contribution in [0.3, 0.4) is 0 Å². The predicted molar refractivity (Wildman–Crippen MR) is 64.5 cm³/mol. The van der Waals surface area contributed by atoms with Crippen LogP contribution in [-0.4, -0.2) is 0 Å². The lowest BCUT2D eigenvalue weighted by Gasteiger charge is -2.14. The van der Waals surface area contributed by atoms with Gasteiger partial charge in [0.2, 0.25) is 0 Å². The molecule has 2 unspecified atom stereocenters. The second kappa shape index (κ2) is 4.22. The summed E-state index contributed by atoms with van der Waals surface area (Å²) in [6.45, 7) is 4.48. The molecule has 1 aromatic rings. The SMILES string of the molecule is CCc1ccc(C2SC=CC2C)cc1. The summed E-state index contributed by atoms with van der Waals surface area (Å²) >= 11 is 1.94. The Morgan fingerprint density at radius 1 is 1.21 bits per heavy atom. The van der Waals surface area contributed by atoms with E-state index in [1.165, 1.54) is 11.1 Å². The number of thioether (sulfide) groups is 1. The van der Waals surface area contributed by atoms with Crippen molar-refractivity contribution in [3.63, 3.8) is 0 Å². The normalized spacial score (nSPS) is 25.6. The molecule has 0 saturated heterocycles. The molecule has 2 atom stereocenters. The Hall–Kier alpha value is -0.690. The van der Waals surface area contributed by atoms with Gasteiger partial charge in [-0.05, 0) is 28.9 Å². The monoisotopic (exact) mass is 204 g/mol. The van der Waals surface area contributed by atoms with Gasteiger partial charge in [0.25, 0.3) is 0 Å². The average Bonchev–Trinajstić information content (AvgIpc) is 2.65. The van der Waals surface area contributed by atoms with Gasteiger partial charge < -0.3 is 0 Å². The number of allylic oxidation sites excluding steroid dienone is 1. The molecular formula is C13H16S. The minimum absolute atomic E-state index is 0.640. The van der Waals surface area contributed by atoms with E-state index in [1.807, 2.05) is 11.8 Å². The van der Waals surface area contributed by atoms with Crippen LogP contribution in [0.15, 0.2) is 35.7 Å².